The lowest BCUT2D eigenvalue weighted by molar-refractivity contribution is 0.297. The maximum absolute atomic E-state index is 11.7. The van der Waals surface area contributed by atoms with Gasteiger partial charge in [0.1, 0.15) is 11.3 Å². The van der Waals surface area contributed by atoms with E-state index in [0.717, 1.165) is 28.8 Å². The van der Waals surface area contributed by atoms with Crippen molar-refractivity contribution in [2.45, 2.75) is 13.0 Å². The van der Waals surface area contributed by atoms with Crippen LogP contribution < -0.4 is 20.4 Å². The summed E-state index contributed by atoms with van der Waals surface area (Å²) in [6.45, 7) is 1.72. The van der Waals surface area contributed by atoms with Crippen molar-refractivity contribution < 1.29 is 19.0 Å². The van der Waals surface area contributed by atoms with Crippen molar-refractivity contribution in [3.63, 3.8) is 0 Å². The molecule has 6 heteroatoms. The molecule has 128 valence electrons. The number of aromatic hydroxyl groups is 1. The van der Waals surface area contributed by atoms with Crippen molar-refractivity contribution in [2.24, 2.45) is 0 Å². The van der Waals surface area contributed by atoms with Crippen molar-refractivity contribution in [1.82, 2.24) is 0 Å². The first-order valence-corrected chi connectivity index (χ1v) is 8.08. The van der Waals surface area contributed by atoms with Gasteiger partial charge in [-0.1, -0.05) is 0 Å². The molecule has 6 nitrogen and oxygen atoms in total. The summed E-state index contributed by atoms with van der Waals surface area (Å²) in [5.41, 5.74) is 1.57. The van der Waals surface area contributed by atoms with Crippen molar-refractivity contribution in [2.75, 3.05) is 18.5 Å². The van der Waals surface area contributed by atoms with Gasteiger partial charge in [0, 0.05) is 42.2 Å². The fourth-order valence-corrected chi connectivity index (χ4v) is 2.84. The topological polar surface area (TPSA) is 80.9 Å². The van der Waals surface area contributed by atoms with Crippen LogP contribution in [0.15, 0.2) is 51.7 Å². The van der Waals surface area contributed by atoms with Gasteiger partial charge in [-0.15, -0.1) is 0 Å². The van der Waals surface area contributed by atoms with E-state index in [0.29, 0.717) is 31.1 Å². The normalized spacial score (nSPS) is 13.4. The second-order valence-corrected chi connectivity index (χ2v) is 5.84. The molecule has 1 aromatic heterocycles. The molecule has 0 amide bonds. The van der Waals surface area contributed by atoms with Crippen molar-refractivity contribution in [3.8, 4) is 17.2 Å². The van der Waals surface area contributed by atoms with Gasteiger partial charge in [0.15, 0.2) is 11.5 Å². The number of fused-ring (bicyclic) bond motifs is 2. The first kappa shape index (κ1) is 15.4. The lowest BCUT2D eigenvalue weighted by atomic mass is 10.1. The lowest BCUT2D eigenvalue weighted by Crippen LogP contribution is -2.06. The minimum Gasteiger partial charge on any atom is -0.508 e. The van der Waals surface area contributed by atoms with Crippen LogP contribution in [0.5, 0.6) is 17.2 Å². The van der Waals surface area contributed by atoms with E-state index in [1.54, 1.807) is 12.1 Å². The smallest absolute Gasteiger partial charge is 0.336 e. The van der Waals surface area contributed by atoms with E-state index in [2.05, 4.69) is 5.32 Å². The Morgan fingerprint density at radius 1 is 1.00 bits per heavy atom. The zero-order valence-corrected chi connectivity index (χ0v) is 13.5. The van der Waals surface area contributed by atoms with Crippen LogP contribution in [0.4, 0.5) is 5.69 Å². The summed E-state index contributed by atoms with van der Waals surface area (Å²) < 4.78 is 16.5. The molecule has 0 unspecified atom stereocenters. The van der Waals surface area contributed by atoms with Crippen LogP contribution in [-0.2, 0) is 6.54 Å². The third-order valence-corrected chi connectivity index (χ3v) is 4.04. The van der Waals surface area contributed by atoms with Crippen LogP contribution in [0, 0.1) is 0 Å². The number of hydrogen-bond acceptors (Lipinski definition) is 6. The number of ether oxygens (including phenoxy) is 2. The molecule has 1 aliphatic heterocycles. The monoisotopic (exact) mass is 339 g/mol. The highest BCUT2D eigenvalue weighted by molar-refractivity contribution is 5.81. The maximum Gasteiger partial charge on any atom is 0.336 e. The Morgan fingerprint density at radius 3 is 2.72 bits per heavy atom. The molecule has 0 radical (unpaired) electrons. The number of hydrogen-bond donors (Lipinski definition) is 2. The third-order valence-electron chi connectivity index (χ3n) is 4.04. The van der Waals surface area contributed by atoms with Gasteiger partial charge in [-0.3, -0.25) is 0 Å². The van der Waals surface area contributed by atoms with Crippen molar-refractivity contribution >= 4 is 16.7 Å². The number of anilines is 1. The minimum atomic E-state index is -0.450. The molecule has 25 heavy (non-hydrogen) atoms. The highest BCUT2D eigenvalue weighted by Gasteiger charge is 2.11. The van der Waals surface area contributed by atoms with Gasteiger partial charge in [0.05, 0.1) is 13.2 Å². The number of phenols is 1. The second kappa shape index (κ2) is 6.39. The van der Waals surface area contributed by atoms with E-state index in [-0.39, 0.29) is 5.75 Å². The molecule has 0 atom stereocenters. The van der Waals surface area contributed by atoms with Gasteiger partial charge in [-0.25, -0.2) is 4.79 Å². The Labute approximate surface area is 143 Å². The fraction of sp³-hybridized carbons (Fsp3) is 0.211. The Hall–Kier alpha value is -3.15. The first-order chi connectivity index (χ1) is 12.2. The summed E-state index contributed by atoms with van der Waals surface area (Å²) in [6, 6.07) is 11.9. The van der Waals surface area contributed by atoms with E-state index in [4.69, 9.17) is 13.9 Å². The molecule has 2 N–H and O–H groups in total. The van der Waals surface area contributed by atoms with Crippen molar-refractivity contribution in [3.05, 3.63) is 58.4 Å². The number of benzene rings is 2. The van der Waals surface area contributed by atoms with Crippen LogP contribution in [0.2, 0.25) is 0 Å². The molecule has 0 spiro atoms. The molecule has 0 saturated carbocycles. The number of rotatable bonds is 3. The highest BCUT2D eigenvalue weighted by Crippen LogP contribution is 2.32. The quantitative estimate of drug-likeness (QED) is 0.713. The predicted octanol–water partition coefficient (Wildman–Crippen LogP) is 3.27. The predicted molar refractivity (Wildman–Crippen MR) is 93.5 cm³/mol. The van der Waals surface area contributed by atoms with Gasteiger partial charge < -0.3 is 24.3 Å². The molecule has 4 rings (SSSR count). The van der Waals surface area contributed by atoms with Crippen LogP contribution in [0.3, 0.4) is 0 Å². The van der Waals surface area contributed by atoms with E-state index in [1.165, 1.54) is 12.1 Å². The molecular weight excluding hydrogens is 322 g/mol. The van der Waals surface area contributed by atoms with Crippen LogP contribution >= 0.6 is 0 Å². The Morgan fingerprint density at radius 2 is 1.84 bits per heavy atom. The molecule has 3 aromatic rings. The molecule has 2 aromatic carbocycles. The standard InChI is InChI=1S/C19H17NO5/c21-14-3-4-15-12(8-19(22)25-17(15)10-14)11-20-13-2-5-16-18(9-13)24-7-1-6-23-16/h2-5,8-10,20-21H,1,6-7,11H2. The van der Waals surface area contributed by atoms with E-state index in [9.17, 15) is 9.90 Å². The summed E-state index contributed by atoms with van der Waals surface area (Å²) in [6.07, 6.45) is 0.857. The largest absolute Gasteiger partial charge is 0.508 e. The average molecular weight is 339 g/mol. The molecular formula is C19H17NO5. The Balaban J connectivity index is 1.60. The van der Waals surface area contributed by atoms with Crippen LogP contribution in [-0.4, -0.2) is 18.3 Å². The van der Waals surface area contributed by atoms with Gasteiger partial charge in [-0.05, 0) is 29.8 Å². The number of phenolic OH excluding ortho intramolecular Hbond substituents is 1. The third kappa shape index (κ3) is 3.24. The molecule has 0 fully saturated rings. The zero-order chi connectivity index (χ0) is 17.2. The summed E-state index contributed by atoms with van der Waals surface area (Å²) >= 11 is 0. The van der Waals surface area contributed by atoms with Gasteiger partial charge in [0.2, 0.25) is 0 Å². The molecule has 2 heterocycles. The molecule has 1 aliphatic rings. The summed E-state index contributed by atoms with van der Waals surface area (Å²) in [5, 5.41) is 13.6. The zero-order valence-electron chi connectivity index (χ0n) is 13.5. The van der Waals surface area contributed by atoms with Gasteiger partial charge in [0.25, 0.3) is 0 Å². The SMILES string of the molecule is O=c1cc(CNc2ccc3c(c2)OCCCO3)c2ccc(O)cc2o1. The van der Waals surface area contributed by atoms with Crippen LogP contribution in [0.25, 0.3) is 11.0 Å². The van der Waals surface area contributed by atoms with E-state index in [1.807, 2.05) is 18.2 Å². The second-order valence-electron chi connectivity index (χ2n) is 5.84. The van der Waals surface area contributed by atoms with E-state index >= 15 is 0 Å². The fourth-order valence-electron chi connectivity index (χ4n) is 2.84. The molecule has 0 bridgehead atoms. The lowest BCUT2D eigenvalue weighted by Gasteiger charge is -2.12. The maximum atomic E-state index is 11.7. The molecule has 0 saturated heterocycles. The number of nitrogens with one attached hydrogen (secondary N) is 1. The Bertz CT molecular complexity index is 979. The first-order valence-electron chi connectivity index (χ1n) is 8.08. The summed E-state index contributed by atoms with van der Waals surface area (Å²) in [7, 11) is 0. The minimum absolute atomic E-state index is 0.0589. The van der Waals surface area contributed by atoms with Gasteiger partial charge >= 0.3 is 5.63 Å². The highest BCUT2D eigenvalue weighted by atomic mass is 16.5. The summed E-state index contributed by atoms with van der Waals surface area (Å²) in [5.74, 6) is 1.51. The summed E-state index contributed by atoms with van der Waals surface area (Å²) in [4.78, 5) is 11.7. The molecule has 0 aliphatic carbocycles. The van der Waals surface area contributed by atoms with Crippen LogP contribution in [0.1, 0.15) is 12.0 Å². The van der Waals surface area contributed by atoms with Gasteiger partial charge in [-0.2, -0.15) is 0 Å². The van der Waals surface area contributed by atoms with Crippen molar-refractivity contribution in [1.29, 1.82) is 0 Å². The Kier molecular flexibility index (Phi) is 3.93. The van der Waals surface area contributed by atoms with E-state index < -0.39 is 5.63 Å². The average Bonchev–Trinajstić information content (AvgIpc) is 2.84.